The summed E-state index contributed by atoms with van der Waals surface area (Å²) >= 11 is 0. The summed E-state index contributed by atoms with van der Waals surface area (Å²) in [4.78, 5) is 25.9. The van der Waals surface area contributed by atoms with E-state index in [0.717, 1.165) is 6.42 Å². The molecule has 0 aromatic heterocycles. The minimum absolute atomic E-state index is 0.0296. The fraction of sp³-hybridized carbons (Fsp3) is 0.905. The summed E-state index contributed by atoms with van der Waals surface area (Å²) in [6, 6.07) is 0. The van der Waals surface area contributed by atoms with Crippen molar-refractivity contribution in [3.63, 3.8) is 0 Å². The predicted octanol–water partition coefficient (Wildman–Crippen LogP) is 3.31. The molecule has 2 aliphatic rings. The zero-order valence-electron chi connectivity index (χ0n) is 18.1. The molecule has 0 aliphatic carbocycles. The highest BCUT2D eigenvalue weighted by Gasteiger charge is 2.47. The van der Waals surface area contributed by atoms with Gasteiger partial charge in [0.05, 0.1) is 12.2 Å². The average molecular weight is 398 g/mol. The minimum Gasteiger partial charge on any atom is -0.463 e. The number of nitrogens with zero attached hydrogens (tertiary/aromatic N) is 1. The molecular weight excluding hydrogens is 362 g/mol. The molecule has 0 aromatic rings. The topological polar surface area (TPSA) is 83.4 Å². The number of hydrogen-bond acceptors (Lipinski definition) is 7. The van der Waals surface area contributed by atoms with Crippen LogP contribution in [0.4, 0.5) is 0 Å². The van der Waals surface area contributed by atoms with Crippen LogP contribution in [0.2, 0.25) is 0 Å². The quantitative estimate of drug-likeness (QED) is 0.388. The zero-order chi connectivity index (χ0) is 21.0. The van der Waals surface area contributed by atoms with Crippen molar-refractivity contribution in [1.82, 2.24) is 0 Å². The summed E-state index contributed by atoms with van der Waals surface area (Å²) in [6.07, 6.45) is 0.811. The number of isocyanates is 1. The van der Waals surface area contributed by atoms with Crippen LogP contribution in [0.3, 0.4) is 0 Å². The van der Waals surface area contributed by atoms with Crippen LogP contribution >= 0.6 is 0 Å². The second-order valence-corrected chi connectivity index (χ2v) is 8.44. The van der Waals surface area contributed by atoms with Gasteiger partial charge in [-0.2, -0.15) is 4.99 Å². The van der Waals surface area contributed by atoms with Crippen molar-refractivity contribution in [2.45, 2.75) is 85.7 Å². The number of carbonyl (C=O) groups excluding carboxylic acids is 2. The molecule has 2 aliphatic heterocycles. The lowest BCUT2D eigenvalue weighted by Crippen LogP contribution is -2.55. The summed E-state index contributed by atoms with van der Waals surface area (Å²) in [5, 5.41) is 0. The zero-order valence-corrected chi connectivity index (χ0v) is 18.1. The highest BCUT2D eigenvalue weighted by molar-refractivity contribution is 5.65. The monoisotopic (exact) mass is 397 g/mol. The van der Waals surface area contributed by atoms with Crippen molar-refractivity contribution in [2.24, 2.45) is 34.6 Å². The maximum Gasteiger partial charge on any atom is 0.302 e. The van der Waals surface area contributed by atoms with E-state index in [1.807, 2.05) is 13.8 Å². The van der Waals surface area contributed by atoms with E-state index in [4.69, 9.17) is 18.9 Å². The van der Waals surface area contributed by atoms with E-state index < -0.39 is 12.3 Å². The van der Waals surface area contributed by atoms with Crippen LogP contribution in [-0.4, -0.2) is 49.5 Å². The van der Waals surface area contributed by atoms with Gasteiger partial charge < -0.3 is 18.9 Å². The molecule has 7 nitrogen and oxygen atoms in total. The molecule has 0 spiro atoms. The molecule has 0 saturated carbocycles. The van der Waals surface area contributed by atoms with Crippen LogP contribution in [0.25, 0.3) is 0 Å². The van der Waals surface area contributed by atoms with E-state index in [2.05, 4.69) is 32.7 Å². The molecule has 2 rings (SSSR count). The first kappa shape index (κ1) is 23.0. The van der Waals surface area contributed by atoms with Gasteiger partial charge in [-0.05, 0) is 24.2 Å². The number of ether oxygens (including phenoxy) is 4. The molecule has 0 bridgehead atoms. The lowest BCUT2D eigenvalue weighted by molar-refractivity contribution is -0.302. The number of rotatable bonds is 6. The van der Waals surface area contributed by atoms with Gasteiger partial charge in [0.25, 0.3) is 0 Å². The van der Waals surface area contributed by atoms with Crippen LogP contribution in [0, 0.1) is 29.6 Å². The molecule has 2 fully saturated rings. The minimum atomic E-state index is -0.625. The van der Waals surface area contributed by atoms with E-state index in [-0.39, 0.29) is 48.8 Å². The Morgan fingerprint density at radius 3 is 2.21 bits per heavy atom. The Morgan fingerprint density at radius 2 is 1.64 bits per heavy atom. The van der Waals surface area contributed by atoms with E-state index in [9.17, 15) is 9.59 Å². The van der Waals surface area contributed by atoms with Gasteiger partial charge in [0.1, 0.15) is 12.7 Å². The lowest BCUT2D eigenvalue weighted by atomic mass is 9.78. The highest BCUT2D eigenvalue weighted by atomic mass is 16.7. The first-order valence-corrected chi connectivity index (χ1v) is 10.4. The molecule has 0 amide bonds. The summed E-state index contributed by atoms with van der Waals surface area (Å²) < 4.78 is 23.9. The maximum absolute atomic E-state index is 11.3. The number of hydrogen-bond donors (Lipinski definition) is 0. The largest absolute Gasteiger partial charge is 0.463 e. The molecule has 0 N–H and O–H groups in total. The molecule has 10 unspecified atom stereocenters. The Bertz CT molecular complexity index is 575. The lowest BCUT2D eigenvalue weighted by Gasteiger charge is -2.48. The molecular formula is C21H35NO6. The van der Waals surface area contributed by atoms with Crippen LogP contribution < -0.4 is 0 Å². The van der Waals surface area contributed by atoms with Gasteiger partial charge in [-0.3, -0.25) is 4.79 Å². The van der Waals surface area contributed by atoms with E-state index in [1.54, 1.807) is 6.08 Å². The van der Waals surface area contributed by atoms with E-state index in [1.165, 1.54) is 6.92 Å². The van der Waals surface area contributed by atoms with Gasteiger partial charge >= 0.3 is 5.97 Å². The number of carbonyl (C=O) groups is 1. The summed E-state index contributed by atoms with van der Waals surface area (Å²) in [6.45, 7) is 14.2. The van der Waals surface area contributed by atoms with Crippen LogP contribution in [0.15, 0.2) is 4.99 Å². The van der Waals surface area contributed by atoms with Crippen LogP contribution in [-0.2, 0) is 28.5 Å². The Morgan fingerprint density at radius 1 is 0.964 bits per heavy atom. The molecule has 2 heterocycles. The third-order valence-corrected chi connectivity index (χ3v) is 6.79. The second kappa shape index (κ2) is 9.97. The molecule has 160 valence electrons. The summed E-state index contributed by atoms with van der Waals surface area (Å²) in [7, 11) is 0. The van der Waals surface area contributed by atoms with Crippen molar-refractivity contribution < 1.29 is 28.5 Å². The molecule has 0 aromatic carbocycles. The Hall–Kier alpha value is -1.27. The smallest absolute Gasteiger partial charge is 0.302 e. The molecule has 2 saturated heterocycles. The fourth-order valence-electron chi connectivity index (χ4n) is 4.29. The predicted molar refractivity (Wildman–Crippen MR) is 103 cm³/mol. The van der Waals surface area contributed by atoms with Crippen molar-refractivity contribution >= 4 is 12.0 Å². The Balaban J connectivity index is 2.20. The third kappa shape index (κ3) is 5.01. The normalized spacial score (nSPS) is 43.8. The highest BCUT2D eigenvalue weighted by Crippen LogP contribution is 2.40. The Kier molecular flexibility index (Phi) is 8.19. The fourth-order valence-corrected chi connectivity index (χ4v) is 4.29. The van der Waals surface area contributed by atoms with Crippen molar-refractivity contribution in [1.29, 1.82) is 0 Å². The Labute approximate surface area is 168 Å². The van der Waals surface area contributed by atoms with Gasteiger partial charge in [0.15, 0.2) is 12.5 Å². The van der Waals surface area contributed by atoms with E-state index in [0.29, 0.717) is 11.8 Å². The van der Waals surface area contributed by atoms with Gasteiger partial charge in [-0.15, -0.1) is 0 Å². The second-order valence-electron chi connectivity index (χ2n) is 8.44. The SMILES string of the molecule is CCC1OC(OC2C(COC(C)=O)OC(N=C=O)C(C)C2C)C(C)C(C)C1C. The van der Waals surface area contributed by atoms with Gasteiger partial charge in [-0.25, -0.2) is 4.79 Å². The molecule has 0 radical (unpaired) electrons. The maximum atomic E-state index is 11.3. The first-order chi connectivity index (χ1) is 13.2. The summed E-state index contributed by atoms with van der Waals surface area (Å²) in [5.74, 6) is 0.738. The molecule has 10 atom stereocenters. The number of esters is 1. The van der Waals surface area contributed by atoms with Crippen LogP contribution in [0.1, 0.15) is 54.9 Å². The van der Waals surface area contributed by atoms with Crippen LogP contribution in [0.5, 0.6) is 0 Å². The van der Waals surface area contributed by atoms with Gasteiger partial charge in [-0.1, -0.05) is 41.5 Å². The first-order valence-electron chi connectivity index (χ1n) is 10.4. The van der Waals surface area contributed by atoms with Gasteiger partial charge in [0.2, 0.25) is 6.08 Å². The molecule has 28 heavy (non-hydrogen) atoms. The van der Waals surface area contributed by atoms with E-state index >= 15 is 0 Å². The van der Waals surface area contributed by atoms with Gasteiger partial charge in [0, 0.05) is 18.8 Å². The average Bonchev–Trinajstić information content (AvgIpc) is 2.66. The van der Waals surface area contributed by atoms with Crippen molar-refractivity contribution in [3.8, 4) is 0 Å². The number of aliphatic imine (C=N–C) groups is 1. The van der Waals surface area contributed by atoms with Crippen molar-refractivity contribution in [3.05, 3.63) is 0 Å². The van der Waals surface area contributed by atoms with Crippen molar-refractivity contribution in [2.75, 3.05) is 6.61 Å². The third-order valence-electron chi connectivity index (χ3n) is 6.79. The standard InChI is InChI=1S/C21H35NO6/c1-8-17-12(3)11(2)15(6)21(27-17)28-19-13(4)14(5)20(22-10-23)26-18(19)9-25-16(7)24/h11-15,17-21H,8-9H2,1-7H3. The molecule has 7 heteroatoms. The summed E-state index contributed by atoms with van der Waals surface area (Å²) in [5.41, 5.74) is 0.